The molecule has 56 heavy (non-hydrogen) atoms. The molecule has 22 heteroatoms. The molecule has 0 saturated heterocycles. The summed E-state index contributed by atoms with van der Waals surface area (Å²) >= 11 is 0. The molecule has 0 unspecified atom stereocenters. The number of hydrogen-bond donors (Lipinski definition) is 0. The van der Waals surface area contributed by atoms with Gasteiger partial charge in [-0.3, -0.25) is 0 Å². The van der Waals surface area contributed by atoms with E-state index in [1.54, 1.807) is 0 Å². The average Bonchev–Trinajstić information content (AvgIpc) is 3.15. The lowest BCUT2D eigenvalue weighted by Gasteiger charge is -2.44. The van der Waals surface area contributed by atoms with Crippen LogP contribution in [0.4, 0.5) is 87.8 Å². The minimum absolute atomic E-state index is 0.523. The van der Waals surface area contributed by atoms with Crippen molar-refractivity contribution in [3.8, 4) is 0 Å². The third-order valence-electron chi connectivity index (χ3n) is 8.41. The van der Waals surface area contributed by atoms with Crippen LogP contribution >= 0.6 is 0 Å². The number of rotatable bonds is 6. The molecule has 0 fully saturated rings. The van der Waals surface area contributed by atoms with E-state index in [0.29, 0.717) is 10.9 Å². The molecular formula is C34H15BF20S. The van der Waals surface area contributed by atoms with Gasteiger partial charge in [0.2, 0.25) is 0 Å². The summed E-state index contributed by atoms with van der Waals surface area (Å²) in [4.78, 5) is 0. The number of benzene rings is 5. The third-order valence-corrected chi connectivity index (χ3v) is 9.30. The second-order valence-corrected chi connectivity index (χ2v) is 14.1. The quantitative estimate of drug-likeness (QED) is 0.0532. The predicted octanol–water partition coefficient (Wildman–Crippen LogP) is 8.22. The zero-order valence-corrected chi connectivity index (χ0v) is 28.4. The van der Waals surface area contributed by atoms with E-state index in [1.165, 1.54) is 16.9 Å². The summed E-state index contributed by atoms with van der Waals surface area (Å²) in [7, 11) is 0.523. The second kappa shape index (κ2) is 15.9. The monoisotopic (exact) mass is 846 g/mol. The summed E-state index contributed by atoms with van der Waals surface area (Å²) in [6, 6.07) is 8.63. The third kappa shape index (κ3) is 6.72. The Balaban J connectivity index is 0.000000544. The summed E-state index contributed by atoms with van der Waals surface area (Å²) in [6.07, 6.45) is -2.65. The van der Waals surface area contributed by atoms with Crippen LogP contribution in [0.5, 0.6) is 0 Å². The van der Waals surface area contributed by atoms with Crippen molar-refractivity contribution in [3.05, 3.63) is 152 Å². The Morgan fingerprint density at radius 3 is 0.732 bits per heavy atom. The first-order chi connectivity index (χ1) is 25.9. The van der Waals surface area contributed by atoms with Crippen LogP contribution < -0.4 is 21.9 Å². The van der Waals surface area contributed by atoms with Crippen LogP contribution in [-0.4, -0.2) is 18.7 Å². The highest BCUT2D eigenvalue weighted by Gasteiger charge is 2.52. The highest BCUT2D eigenvalue weighted by Crippen LogP contribution is 2.30. The van der Waals surface area contributed by atoms with Crippen molar-refractivity contribution in [1.29, 1.82) is 0 Å². The number of halogens is 20. The molecule has 0 radical (unpaired) electrons. The maximum Gasteiger partial charge on any atom is 0.200 e. The SMILES string of the molecule is Cc1ccccc1C[S+](C)C.Fc1c(F)c(F)c([B-](c2c(F)c(F)c(F)c(F)c2F)(c2c(F)c(F)c(F)c(F)c2F)c2c(F)c(F)c(F)c(F)c2F)c(F)c1F. The summed E-state index contributed by atoms with van der Waals surface area (Å²) in [5.41, 5.74) is -11.4. The summed E-state index contributed by atoms with van der Waals surface area (Å²) in [5.74, 6) is -70.2. The first-order valence-corrected chi connectivity index (χ1v) is 16.9. The fraction of sp³-hybridized carbons (Fsp3) is 0.118. The molecule has 0 aromatic heterocycles. The zero-order valence-electron chi connectivity index (χ0n) is 27.6. The fourth-order valence-corrected chi connectivity index (χ4v) is 6.90. The van der Waals surface area contributed by atoms with Gasteiger partial charge in [0.1, 0.15) is 58.4 Å². The molecule has 0 saturated carbocycles. The van der Waals surface area contributed by atoms with Gasteiger partial charge in [-0.2, -0.15) is 0 Å². The summed E-state index contributed by atoms with van der Waals surface area (Å²) in [5, 5.41) is 0. The second-order valence-electron chi connectivity index (χ2n) is 11.9. The van der Waals surface area contributed by atoms with Gasteiger partial charge in [-0.05, 0) is 23.4 Å². The standard InChI is InChI=1S/C24BF20.C10H15S/c26-5-1(6(27)14(35)21(42)13(5)34)25(2-7(28)15(36)22(43)16(37)8(2)29,3-9(30)17(38)23(44)18(39)10(3)31)4-11(32)19(40)24(45)20(41)12(4)33;1-9-6-4-5-7-10(9)8-11(2)3/h;4-7H,8H2,1-3H3/q-1;+1. The number of aryl methyl sites for hydroxylation is 1. The lowest BCUT2D eigenvalue weighted by Crippen LogP contribution is -2.81. The van der Waals surface area contributed by atoms with Crippen LogP contribution in [0.3, 0.4) is 0 Å². The first kappa shape index (κ1) is 43.8. The Morgan fingerprint density at radius 1 is 0.339 bits per heavy atom. The van der Waals surface area contributed by atoms with Crippen molar-refractivity contribution in [2.75, 3.05) is 12.5 Å². The van der Waals surface area contributed by atoms with Crippen molar-refractivity contribution in [3.63, 3.8) is 0 Å². The summed E-state index contributed by atoms with van der Waals surface area (Å²) < 4.78 is 294. The Bertz CT molecular complexity index is 2010. The highest BCUT2D eigenvalue weighted by atomic mass is 32.2. The Hall–Kier alpha value is -4.89. The lowest BCUT2D eigenvalue weighted by molar-refractivity contribution is 0.378. The van der Waals surface area contributed by atoms with E-state index in [4.69, 9.17) is 0 Å². The molecule has 5 aromatic rings. The van der Waals surface area contributed by atoms with Gasteiger partial charge < -0.3 is 0 Å². The molecule has 0 aliphatic carbocycles. The molecule has 0 heterocycles. The summed E-state index contributed by atoms with van der Waals surface area (Å²) in [6.45, 7) is 2.18. The fourth-order valence-electron chi connectivity index (χ4n) is 5.96. The minimum atomic E-state index is -7.22. The largest absolute Gasteiger partial charge is 0.207 e. The molecule has 0 bridgehead atoms. The molecule has 0 N–H and O–H groups in total. The van der Waals surface area contributed by atoms with Gasteiger partial charge in [-0.1, -0.05) is 24.3 Å². The van der Waals surface area contributed by atoms with Crippen molar-refractivity contribution < 1.29 is 87.8 Å². The molecule has 0 spiro atoms. The molecule has 0 aliphatic heterocycles. The Kier molecular flexibility index (Phi) is 12.5. The van der Waals surface area contributed by atoms with Gasteiger partial charge in [0.25, 0.3) is 0 Å². The van der Waals surface area contributed by atoms with E-state index in [2.05, 4.69) is 43.7 Å². The van der Waals surface area contributed by atoms with Crippen molar-refractivity contribution in [1.82, 2.24) is 0 Å². The van der Waals surface area contributed by atoms with Gasteiger partial charge in [0, 0.05) is 5.56 Å². The molecule has 5 aromatic carbocycles. The smallest absolute Gasteiger partial charge is 0.200 e. The minimum Gasteiger partial charge on any atom is -0.207 e. The van der Waals surface area contributed by atoms with Gasteiger partial charge >= 0.3 is 0 Å². The lowest BCUT2D eigenvalue weighted by atomic mass is 9.12. The Morgan fingerprint density at radius 2 is 0.536 bits per heavy atom. The molecule has 5 rings (SSSR count). The van der Waals surface area contributed by atoms with Gasteiger partial charge in [0.15, 0.2) is 69.8 Å². The van der Waals surface area contributed by atoms with Gasteiger partial charge in [-0.25, -0.2) is 87.8 Å². The van der Waals surface area contributed by atoms with Crippen LogP contribution in [0.2, 0.25) is 0 Å². The van der Waals surface area contributed by atoms with E-state index in [1.807, 2.05) is 0 Å². The predicted molar refractivity (Wildman–Crippen MR) is 163 cm³/mol. The maximum atomic E-state index is 15.4. The highest BCUT2D eigenvalue weighted by molar-refractivity contribution is 7.94. The topological polar surface area (TPSA) is 0 Å². The molecule has 0 atom stereocenters. The van der Waals surface area contributed by atoms with Gasteiger partial charge in [0.05, 0.1) is 12.5 Å². The van der Waals surface area contributed by atoms with Crippen LogP contribution in [-0.2, 0) is 16.6 Å². The first-order valence-electron chi connectivity index (χ1n) is 14.7. The van der Waals surface area contributed by atoms with Crippen LogP contribution in [0.25, 0.3) is 0 Å². The molecule has 0 aliphatic rings. The van der Waals surface area contributed by atoms with E-state index in [0.717, 1.165) is 0 Å². The van der Waals surface area contributed by atoms with E-state index < -0.39 is 144 Å². The maximum absolute atomic E-state index is 15.4. The van der Waals surface area contributed by atoms with Crippen molar-refractivity contribution >= 4 is 38.9 Å². The van der Waals surface area contributed by atoms with Crippen LogP contribution in [0, 0.1) is 123 Å². The van der Waals surface area contributed by atoms with Crippen LogP contribution in [0.15, 0.2) is 24.3 Å². The molecule has 300 valence electrons. The molecule has 0 nitrogen and oxygen atoms in total. The van der Waals surface area contributed by atoms with Crippen LogP contribution in [0.1, 0.15) is 11.1 Å². The van der Waals surface area contributed by atoms with E-state index in [9.17, 15) is 52.7 Å². The van der Waals surface area contributed by atoms with Crippen molar-refractivity contribution in [2.45, 2.75) is 12.7 Å². The van der Waals surface area contributed by atoms with E-state index in [-0.39, 0.29) is 0 Å². The average molecular weight is 846 g/mol. The molecule has 0 amide bonds. The Labute approximate surface area is 303 Å². The molecular weight excluding hydrogens is 831 g/mol. The van der Waals surface area contributed by atoms with Gasteiger partial charge in [-0.15, -0.1) is 21.9 Å². The zero-order chi connectivity index (χ0) is 42.6. The van der Waals surface area contributed by atoms with E-state index >= 15 is 35.1 Å². The number of hydrogen-bond acceptors (Lipinski definition) is 0. The normalized spacial score (nSPS) is 11.7. The van der Waals surface area contributed by atoms with Crippen molar-refractivity contribution in [2.24, 2.45) is 0 Å².